The maximum absolute atomic E-state index is 7.22. The molecule has 5 heterocycles. The largest absolute Gasteiger partial charge is 0.355 e. The van der Waals surface area contributed by atoms with Crippen molar-refractivity contribution in [1.29, 1.82) is 0 Å². The minimum absolute atomic E-state index is 0.684. The molecule has 3 aromatic heterocycles. The predicted octanol–water partition coefficient (Wildman–Crippen LogP) is 11.1. The summed E-state index contributed by atoms with van der Waals surface area (Å²) >= 11 is 14.1. The molecular weight excluding hydrogens is 583 g/mol. The summed E-state index contributed by atoms with van der Waals surface area (Å²) in [4.78, 5) is 16.8. The molecule has 2 aliphatic rings. The monoisotopic (exact) mass is 604 g/mol. The molecule has 0 amide bonds. The normalized spacial score (nSPS) is 12.6. The number of nitrogens with zero attached hydrogens (tertiary/aromatic N) is 2. The van der Waals surface area contributed by atoms with Crippen LogP contribution in [0.5, 0.6) is 0 Å². The van der Waals surface area contributed by atoms with Crippen LogP contribution in [0.2, 0.25) is 10.0 Å². The van der Waals surface area contributed by atoms with Crippen LogP contribution in [0.4, 0.5) is 0 Å². The Morgan fingerprint density at radius 1 is 0.477 bits per heavy atom. The van der Waals surface area contributed by atoms with E-state index in [4.69, 9.17) is 33.2 Å². The Hall–Kier alpha value is -5.16. The summed E-state index contributed by atoms with van der Waals surface area (Å²) in [6.07, 6.45) is 8.13. The Morgan fingerprint density at radius 2 is 1.16 bits per heavy atom. The van der Waals surface area contributed by atoms with Gasteiger partial charge in [0.05, 0.1) is 27.8 Å². The van der Waals surface area contributed by atoms with Crippen LogP contribution >= 0.6 is 23.2 Å². The van der Waals surface area contributed by atoms with E-state index in [0.29, 0.717) is 5.02 Å². The number of aromatic amines is 2. The molecule has 6 heteroatoms. The highest BCUT2D eigenvalue weighted by Crippen LogP contribution is 2.44. The first-order valence-electron chi connectivity index (χ1n) is 14.4. The molecule has 2 N–H and O–H groups in total. The van der Waals surface area contributed by atoms with E-state index >= 15 is 0 Å². The molecule has 9 rings (SSSR count). The van der Waals surface area contributed by atoms with E-state index in [1.807, 2.05) is 54.6 Å². The van der Waals surface area contributed by atoms with E-state index < -0.39 is 0 Å². The molecule has 0 aliphatic carbocycles. The fourth-order valence-electron chi connectivity index (χ4n) is 6.37. The summed E-state index contributed by atoms with van der Waals surface area (Å²) < 4.78 is 0. The van der Waals surface area contributed by atoms with Gasteiger partial charge in [0, 0.05) is 54.2 Å². The molecule has 208 valence electrons. The smallest absolute Gasteiger partial charge is 0.0658 e. The zero-order valence-corrected chi connectivity index (χ0v) is 24.7. The zero-order valence-electron chi connectivity index (χ0n) is 23.2. The molecule has 4 nitrogen and oxygen atoms in total. The van der Waals surface area contributed by atoms with Gasteiger partial charge in [0.15, 0.2) is 0 Å². The standard InChI is InChI=1S/C38H22Cl2N4/c39-34-14-13-31(37-32(34)12-5-22-15-21-3-1-2-4-30(21)38(40)36(22)37)33-19-29-18-27-9-8-25(42-27)16-23-6-7-24(41-23)17-26-10-11-28(43-26)20-35(33)44-29/h1-20,41,44H. The number of hydrogen-bond acceptors (Lipinski definition) is 2. The van der Waals surface area contributed by atoms with Crippen LogP contribution in [0.15, 0.2) is 97.1 Å². The van der Waals surface area contributed by atoms with Crippen molar-refractivity contribution in [2.75, 3.05) is 0 Å². The zero-order chi connectivity index (χ0) is 29.4. The Labute approximate surface area is 262 Å². The molecule has 0 unspecified atom stereocenters. The molecule has 0 saturated carbocycles. The van der Waals surface area contributed by atoms with Crippen molar-refractivity contribution in [1.82, 2.24) is 19.9 Å². The third kappa shape index (κ3) is 4.15. The van der Waals surface area contributed by atoms with Gasteiger partial charge in [-0.2, -0.15) is 0 Å². The summed E-state index contributed by atoms with van der Waals surface area (Å²) in [6, 6.07) is 33.2. The lowest BCUT2D eigenvalue weighted by molar-refractivity contribution is 1.31. The maximum Gasteiger partial charge on any atom is 0.0658 e. The highest BCUT2D eigenvalue weighted by Gasteiger charge is 2.17. The van der Waals surface area contributed by atoms with Crippen LogP contribution in [0.25, 0.3) is 89.8 Å². The average molecular weight is 606 g/mol. The van der Waals surface area contributed by atoms with Crippen LogP contribution in [0.1, 0.15) is 22.8 Å². The lowest BCUT2D eigenvalue weighted by atomic mass is 9.92. The SMILES string of the molecule is Clc1ccc(-c2cc3cc4nc(cc5ccc(cc6nc(cc2[nH]3)C=C6)[nH]5)C=C4)c2c1ccc1cc3ccccc3c(Cl)c12. The van der Waals surface area contributed by atoms with Gasteiger partial charge in [0.1, 0.15) is 0 Å². The minimum Gasteiger partial charge on any atom is -0.355 e. The third-order valence-corrected chi connectivity index (χ3v) is 9.07. The quantitative estimate of drug-likeness (QED) is 0.144. The molecule has 8 bridgehead atoms. The number of fused-ring (bicyclic) bond motifs is 12. The third-order valence-electron chi connectivity index (χ3n) is 8.35. The summed E-state index contributed by atoms with van der Waals surface area (Å²) in [5, 5.41) is 7.56. The Morgan fingerprint density at radius 3 is 1.91 bits per heavy atom. The van der Waals surface area contributed by atoms with Gasteiger partial charge in [-0.15, -0.1) is 0 Å². The van der Waals surface area contributed by atoms with Crippen LogP contribution in [0.3, 0.4) is 0 Å². The molecule has 0 spiro atoms. The van der Waals surface area contributed by atoms with E-state index in [1.165, 1.54) is 0 Å². The Kier molecular flexibility index (Phi) is 5.58. The Balaban J connectivity index is 1.40. The van der Waals surface area contributed by atoms with Gasteiger partial charge in [-0.25, -0.2) is 9.97 Å². The van der Waals surface area contributed by atoms with Gasteiger partial charge < -0.3 is 9.97 Å². The first-order valence-corrected chi connectivity index (χ1v) is 15.1. The molecule has 7 aromatic rings. The molecule has 44 heavy (non-hydrogen) atoms. The highest BCUT2D eigenvalue weighted by molar-refractivity contribution is 6.45. The van der Waals surface area contributed by atoms with Crippen LogP contribution in [0, 0.1) is 0 Å². The lowest BCUT2D eigenvalue weighted by Crippen LogP contribution is -1.87. The lowest BCUT2D eigenvalue weighted by Gasteiger charge is -2.14. The van der Waals surface area contributed by atoms with Crippen molar-refractivity contribution < 1.29 is 0 Å². The topological polar surface area (TPSA) is 57.4 Å². The van der Waals surface area contributed by atoms with Gasteiger partial charge >= 0.3 is 0 Å². The number of H-pyrrole nitrogens is 2. The van der Waals surface area contributed by atoms with Crippen molar-refractivity contribution in [3.8, 4) is 11.1 Å². The number of benzene rings is 4. The van der Waals surface area contributed by atoms with Crippen molar-refractivity contribution in [3.63, 3.8) is 0 Å². The second kappa shape index (κ2) is 9.68. The summed E-state index contributed by atoms with van der Waals surface area (Å²) in [7, 11) is 0. The van der Waals surface area contributed by atoms with Crippen molar-refractivity contribution in [2.45, 2.75) is 0 Å². The highest BCUT2D eigenvalue weighted by atomic mass is 35.5. The molecule has 0 fully saturated rings. The summed E-state index contributed by atoms with van der Waals surface area (Å²) in [5.41, 5.74) is 9.41. The second-order valence-electron chi connectivity index (χ2n) is 11.2. The van der Waals surface area contributed by atoms with Gasteiger partial charge in [0.25, 0.3) is 0 Å². The molecule has 0 saturated heterocycles. The first-order chi connectivity index (χ1) is 21.6. The number of rotatable bonds is 1. The van der Waals surface area contributed by atoms with Gasteiger partial charge in [-0.1, -0.05) is 65.7 Å². The molecule has 0 atom stereocenters. The van der Waals surface area contributed by atoms with Crippen molar-refractivity contribution in [2.24, 2.45) is 0 Å². The molecule has 4 aromatic carbocycles. The molecular formula is C38H22Cl2N4. The van der Waals surface area contributed by atoms with Gasteiger partial charge in [-0.05, 0) is 95.2 Å². The van der Waals surface area contributed by atoms with E-state index in [9.17, 15) is 0 Å². The fraction of sp³-hybridized carbons (Fsp3) is 0. The maximum atomic E-state index is 7.22. The first kappa shape index (κ1) is 25.3. The van der Waals surface area contributed by atoms with E-state index in [2.05, 4.69) is 76.7 Å². The van der Waals surface area contributed by atoms with E-state index in [-0.39, 0.29) is 0 Å². The number of hydrogen-bond donors (Lipinski definition) is 2. The minimum atomic E-state index is 0.684. The Bertz CT molecular complexity index is 2590. The van der Waals surface area contributed by atoms with Crippen LogP contribution < -0.4 is 0 Å². The van der Waals surface area contributed by atoms with Crippen LogP contribution in [-0.2, 0) is 0 Å². The van der Waals surface area contributed by atoms with E-state index in [0.717, 1.165) is 93.3 Å². The van der Waals surface area contributed by atoms with Crippen molar-refractivity contribution in [3.05, 3.63) is 130 Å². The second-order valence-corrected chi connectivity index (χ2v) is 12.0. The summed E-state index contributed by atoms with van der Waals surface area (Å²) in [6.45, 7) is 0. The number of aromatic nitrogens is 4. The van der Waals surface area contributed by atoms with Gasteiger partial charge in [-0.3, -0.25) is 0 Å². The molecule has 0 radical (unpaired) electrons. The number of halogens is 2. The molecule has 2 aliphatic heterocycles. The van der Waals surface area contributed by atoms with E-state index in [1.54, 1.807) is 0 Å². The van der Waals surface area contributed by atoms with Gasteiger partial charge in [0.2, 0.25) is 0 Å². The number of nitrogens with one attached hydrogen (secondary N) is 2. The fourth-order valence-corrected chi connectivity index (χ4v) is 6.97. The average Bonchev–Trinajstić information content (AvgIpc) is 3.83. The summed E-state index contributed by atoms with van der Waals surface area (Å²) in [5.74, 6) is 0. The van der Waals surface area contributed by atoms with Crippen molar-refractivity contribution >= 4 is 102 Å². The predicted molar refractivity (Wildman–Crippen MR) is 187 cm³/mol. The van der Waals surface area contributed by atoms with Crippen LogP contribution in [-0.4, -0.2) is 19.9 Å².